The Hall–Kier alpha value is -1.27. The van der Waals surface area contributed by atoms with E-state index < -0.39 is 24.1 Å². The van der Waals surface area contributed by atoms with Crippen molar-refractivity contribution in [3.63, 3.8) is 0 Å². The number of aliphatic carboxylic acids is 1. The summed E-state index contributed by atoms with van der Waals surface area (Å²) >= 11 is 0. The zero-order chi connectivity index (χ0) is 16.1. The highest BCUT2D eigenvalue weighted by Gasteiger charge is 2.52. The lowest BCUT2D eigenvalue weighted by Crippen LogP contribution is -2.53. The van der Waals surface area contributed by atoms with Gasteiger partial charge in [-0.2, -0.15) is 13.2 Å². The zero-order valence-electron chi connectivity index (χ0n) is 12.2. The van der Waals surface area contributed by atoms with Crippen molar-refractivity contribution in [2.24, 2.45) is 23.2 Å². The van der Waals surface area contributed by atoms with Crippen molar-refractivity contribution in [3.8, 4) is 0 Å². The van der Waals surface area contributed by atoms with Crippen LogP contribution in [-0.4, -0.2) is 29.2 Å². The fourth-order valence-electron chi connectivity index (χ4n) is 5.41. The summed E-state index contributed by atoms with van der Waals surface area (Å²) in [6.07, 6.45) is 1.27. The molecule has 2 N–H and O–H groups in total. The lowest BCUT2D eigenvalue weighted by molar-refractivity contribution is -0.176. The van der Waals surface area contributed by atoms with Crippen LogP contribution in [0.15, 0.2) is 0 Å². The Morgan fingerprint density at radius 3 is 1.91 bits per heavy atom. The molecule has 4 aliphatic carbocycles. The maximum Gasteiger partial charge on any atom is 0.471 e. The zero-order valence-corrected chi connectivity index (χ0v) is 12.2. The van der Waals surface area contributed by atoms with Gasteiger partial charge >= 0.3 is 18.1 Å². The Morgan fingerprint density at radius 1 is 1.09 bits per heavy atom. The van der Waals surface area contributed by atoms with E-state index in [1.54, 1.807) is 5.32 Å². The molecule has 0 aromatic rings. The summed E-state index contributed by atoms with van der Waals surface area (Å²) in [6.45, 7) is 0. The number of carboxylic acid groups (broad SMARTS) is 1. The van der Waals surface area contributed by atoms with Gasteiger partial charge in [-0.3, -0.25) is 4.79 Å². The largest absolute Gasteiger partial charge is 0.480 e. The number of rotatable bonds is 4. The molecule has 0 radical (unpaired) electrons. The number of carboxylic acids is 1. The van der Waals surface area contributed by atoms with E-state index in [4.69, 9.17) is 0 Å². The van der Waals surface area contributed by atoms with Crippen LogP contribution in [0.4, 0.5) is 13.2 Å². The van der Waals surface area contributed by atoms with E-state index in [0.29, 0.717) is 17.8 Å². The van der Waals surface area contributed by atoms with Gasteiger partial charge in [-0.1, -0.05) is 0 Å². The van der Waals surface area contributed by atoms with Crippen LogP contribution >= 0.6 is 0 Å². The molecule has 0 saturated heterocycles. The molecular weight excluding hydrogens is 299 g/mol. The van der Waals surface area contributed by atoms with Gasteiger partial charge in [-0.25, -0.2) is 4.79 Å². The Bertz CT molecular complexity index is 454. The lowest BCUT2D eigenvalue weighted by Gasteiger charge is -2.57. The SMILES string of the molecule is O=C(O)[C@H](CC12CC3CC(CC(C3)C1)C2)NC(=O)C(F)(F)F. The number of hydrogen-bond acceptors (Lipinski definition) is 2. The first kappa shape index (κ1) is 15.6. The van der Waals surface area contributed by atoms with Gasteiger partial charge in [0.05, 0.1) is 0 Å². The average molecular weight is 319 g/mol. The number of carbonyl (C=O) groups excluding carboxylic acids is 1. The first-order chi connectivity index (χ1) is 10.2. The van der Waals surface area contributed by atoms with Crippen LogP contribution in [0.25, 0.3) is 0 Å². The van der Waals surface area contributed by atoms with Crippen LogP contribution in [0.3, 0.4) is 0 Å². The van der Waals surface area contributed by atoms with E-state index in [1.807, 2.05) is 0 Å². The highest BCUT2D eigenvalue weighted by Crippen LogP contribution is 2.61. The maximum atomic E-state index is 12.4. The molecule has 1 amide bonds. The number of alkyl halides is 3. The molecular formula is C15H20F3NO3. The standard InChI is InChI=1S/C15H20F3NO3/c16-15(17,18)13(22)19-11(12(20)21)7-14-4-8-1-9(5-14)3-10(2-8)6-14/h8-11H,1-7H2,(H,19,22)(H,20,21)/t8?,9?,10?,11-,14?/m0/s1. The first-order valence-corrected chi connectivity index (χ1v) is 7.77. The molecule has 4 aliphatic rings. The minimum atomic E-state index is -5.05. The molecule has 124 valence electrons. The average Bonchev–Trinajstić information content (AvgIpc) is 2.34. The third kappa shape index (κ3) is 2.94. The minimum absolute atomic E-state index is 0.119. The summed E-state index contributed by atoms with van der Waals surface area (Å²) < 4.78 is 37.1. The second-order valence-corrected chi connectivity index (χ2v) is 7.48. The molecule has 4 bridgehead atoms. The van der Waals surface area contributed by atoms with E-state index in [2.05, 4.69) is 0 Å². The van der Waals surface area contributed by atoms with Crippen molar-refractivity contribution in [3.05, 3.63) is 0 Å². The van der Waals surface area contributed by atoms with Crippen LogP contribution in [0.2, 0.25) is 0 Å². The predicted molar refractivity (Wildman–Crippen MR) is 70.8 cm³/mol. The molecule has 4 fully saturated rings. The van der Waals surface area contributed by atoms with Gasteiger partial charge < -0.3 is 10.4 Å². The fourth-order valence-corrected chi connectivity index (χ4v) is 5.41. The summed E-state index contributed by atoms with van der Waals surface area (Å²) in [5.41, 5.74) is -0.198. The van der Waals surface area contributed by atoms with E-state index in [1.165, 1.54) is 19.3 Å². The Labute approximate surface area is 126 Å². The van der Waals surface area contributed by atoms with Crippen molar-refractivity contribution in [1.29, 1.82) is 0 Å². The molecule has 4 nitrogen and oxygen atoms in total. The lowest BCUT2D eigenvalue weighted by atomic mass is 9.48. The number of nitrogens with one attached hydrogen (secondary N) is 1. The van der Waals surface area contributed by atoms with Gasteiger partial charge in [0, 0.05) is 0 Å². The van der Waals surface area contributed by atoms with Gasteiger partial charge in [-0.15, -0.1) is 0 Å². The third-order valence-corrected chi connectivity index (χ3v) is 5.66. The molecule has 0 spiro atoms. The molecule has 0 heterocycles. The van der Waals surface area contributed by atoms with Crippen LogP contribution in [0.1, 0.15) is 44.9 Å². The van der Waals surface area contributed by atoms with Gasteiger partial charge in [0.15, 0.2) is 0 Å². The van der Waals surface area contributed by atoms with Gasteiger partial charge in [0.1, 0.15) is 6.04 Å². The van der Waals surface area contributed by atoms with Crippen molar-refractivity contribution in [2.75, 3.05) is 0 Å². The van der Waals surface area contributed by atoms with Gasteiger partial charge in [-0.05, 0) is 68.1 Å². The van der Waals surface area contributed by atoms with E-state index in [-0.39, 0.29) is 11.8 Å². The monoisotopic (exact) mass is 319 g/mol. The second kappa shape index (κ2) is 5.13. The second-order valence-electron chi connectivity index (χ2n) is 7.48. The Kier molecular flexibility index (Phi) is 3.64. The summed E-state index contributed by atoms with van der Waals surface area (Å²) in [4.78, 5) is 22.4. The summed E-state index contributed by atoms with van der Waals surface area (Å²) in [5, 5.41) is 10.9. The molecule has 0 unspecified atom stereocenters. The summed E-state index contributed by atoms with van der Waals surface area (Å²) in [5.74, 6) is -1.80. The number of amides is 1. The van der Waals surface area contributed by atoms with Crippen LogP contribution in [0.5, 0.6) is 0 Å². The smallest absolute Gasteiger partial charge is 0.471 e. The highest BCUT2D eigenvalue weighted by molar-refractivity contribution is 5.86. The fraction of sp³-hybridized carbons (Fsp3) is 0.867. The van der Waals surface area contributed by atoms with E-state index >= 15 is 0 Å². The van der Waals surface area contributed by atoms with E-state index in [9.17, 15) is 27.9 Å². The maximum absolute atomic E-state index is 12.4. The Morgan fingerprint density at radius 2 is 1.55 bits per heavy atom. The van der Waals surface area contributed by atoms with Crippen LogP contribution in [-0.2, 0) is 9.59 Å². The van der Waals surface area contributed by atoms with E-state index in [0.717, 1.165) is 19.3 Å². The topological polar surface area (TPSA) is 66.4 Å². The van der Waals surface area contributed by atoms with Crippen LogP contribution in [0, 0.1) is 23.2 Å². The molecule has 1 atom stereocenters. The predicted octanol–water partition coefficient (Wildman–Crippen LogP) is 2.72. The normalized spacial score (nSPS) is 37.9. The minimum Gasteiger partial charge on any atom is -0.480 e. The molecule has 4 saturated carbocycles. The quantitative estimate of drug-likeness (QED) is 0.837. The number of carbonyl (C=O) groups is 2. The molecule has 7 heteroatoms. The van der Waals surface area contributed by atoms with Gasteiger partial charge in [0.2, 0.25) is 0 Å². The number of hydrogen-bond donors (Lipinski definition) is 2. The molecule has 0 aromatic carbocycles. The summed E-state index contributed by atoms with van der Waals surface area (Å²) in [7, 11) is 0. The molecule has 0 aromatic heterocycles. The van der Waals surface area contributed by atoms with Crippen molar-refractivity contribution >= 4 is 11.9 Å². The molecule has 22 heavy (non-hydrogen) atoms. The van der Waals surface area contributed by atoms with Crippen molar-refractivity contribution < 1.29 is 27.9 Å². The first-order valence-electron chi connectivity index (χ1n) is 7.77. The molecule has 4 rings (SSSR count). The Balaban J connectivity index is 1.71. The van der Waals surface area contributed by atoms with Crippen molar-refractivity contribution in [1.82, 2.24) is 5.32 Å². The highest BCUT2D eigenvalue weighted by atomic mass is 19.4. The van der Waals surface area contributed by atoms with Crippen molar-refractivity contribution in [2.45, 2.75) is 57.2 Å². The number of halogens is 3. The van der Waals surface area contributed by atoms with Crippen LogP contribution < -0.4 is 5.32 Å². The summed E-state index contributed by atoms with van der Waals surface area (Å²) in [6, 6.07) is -1.45. The molecule has 0 aliphatic heterocycles. The van der Waals surface area contributed by atoms with Gasteiger partial charge in [0.25, 0.3) is 0 Å². The third-order valence-electron chi connectivity index (χ3n) is 5.66.